The summed E-state index contributed by atoms with van der Waals surface area (Å²) in [4.78, 5) is 10.9. The van der Waals surface area contributed by atoms with Crippen LogP contribution in [0, 0.1) is 5.92 Å². The second-order valence-electron chi connectivity index (χ2n) is 5.31. The van der Waals surface area contributed by atoms with Crippen LogP contribution in [0.15, 0.2) is 27.6 Å². The van der Waals surface area contributed by atoms with E-state index in [-0.39, 0.29) is 14.9 Å². The Balaban J connectivity index is 2.10. The molecule has 0 amide bonds. The number of rotatable bonds is 5. The van der Waals surface area contributed by atoms with Crippen LogP contribution in [0.5, 0.6) is 0 Å². The van der Waals surface area contributed by atoms with Crippen LogP contribution in [0.2, 0.25) is 0 Å². The van der Waals surface area contributed by atoms with Crippen LogP contribution in [-0.2, 0) is 10.0 Å². The normalized spacial score (nSPS) is 16.8. The largest absolute Gasteiger partial charge is 0.478 e. The molecule has 0 unspecified atom stereocenters. The SMILES string of the molecule is O=C(O)c1ccc(S(=O)(=O)NCC2CCCCC2)c(Br)c1. The first-order valence-electron chi connectivity index (χ1n) is 6.92. The van der Waals surface area contributed by atoms with Gasteiger partial charge in [-0.15, -0.1) is 0 Å². The highest BCUT2D eigenvalue weighted by molar-refractivity contribution is 9.10. The van der Waals surface area contributed by atoms with Gasteiger partial charge in [-0.1, -0.05) is 19.3 Å². The van der Waals surface area contributed by atoms with E-state index in [2.05, 4.69) is 20.7 Å². The molecule has 1 aromatic carbocycles. The monoisotopic (exact) mass is 375 g/mol. The zero-order chi connectivity index (χ0) is 15.5. The number of sulfonamides is 1. The number of benzene rings is 1. The summed E-state index contributed by atoms with van der Waals surface area (Å²) in [6.45, 7) is 0.440. The van der Waals surface area contributed by atoms with Crippen LogP contribution < -0.4 is 4.72 Å². The first-order chi connectivity index (χ1) is 9.90. The number of carbonyl (C=O) groups is 1. The van der Waals surface area contributed by atoms with E-state index in [1.54, 1.807) is 0 Å². The third-order valence-electron chi connectivity index (χ3n) is 3.76. The van der Waals surface area contributed by atoms with Crippen LogP contribution >= 0.6 is 15.9 Å². The molecule has 116 valence electrons. The van der Waals surface area contributed by atoms with E-state index in [9.17, 15) is 13.2 Å². The lowest BCUT2D eigenvalue weighted by atomic mass is 9.90. The summed E-state index contributed by atoms with van der Waals surface area (Å²) < 4.78 is 27.5. The minimum Gasteiger partial charge on any atom is -0.478 e. The molecule has 0 atom stereocenters. The summed E-state index contributed by atoms with van der Waals surface area (Å²) in [7, 11) is -3.62. The van der Waals surface area contributed by atoms with Crippen LogP contribution in [0.25, 0.3) is 0 Å². The van der Waals surface area contributed by atoms with Gasteiger partial charge in [0.25, 0.3) is 0 Å². The summed E-state index contributed by atoms with van der Waals surface area (Å²) in [6, 6.07) is 3.91. The van der Waals surface area contributed by atoms with Crippen molar-refractivity contribution in [3.05, 3.63) is 28.2 Å². The molecule has 1 saturated carbocycles. The van der Waals surface area contributed by atoms with Crippen LogP contribution in [0.3, 0.4) is 0 Å². The zero-order valence-electron chi connectivity index (χ0n) is 11.5. The molecule has 0 aromatic heterocycles. The maximum absolute atomic E-state index is 12.3. The van der Waals surface area contributed by atoms with Crippen molar-refractivity contribution in [2.45, 2.75) is 37.0 Å². The molecule has 0 heterocycles. The van der Waals surface area contributed by atoms with E-state index in [0.717, 1.165) is 25.7 Å². The maximum Gasteiger partial charge on any atom is 0.335 e. The fourth-order valence-corrected chi connectivity index (χ4v) is 4.74. The highest BCUT2D eigenvalue weighted by Gasteiger charge is 2.21. The Labute approximate surface area is 132 Å². The Morgan fingerprint density at radius 2 is 1.95 bits per heavy atom. The second kappa shape index (κ2) is 6.89. The fourth-order valence-electron chi connectivity index (χ4n) is 2.55. The molecule has 1 aliphatic rings. The summed E-state index contributed by atoms with van der Waals surface area (Å²) >= 11 is 3.13. The first kappa shape index (κ1) is 16.5. The van der Waals surface area contributed by atoms with Crippen molar-refractivity contribution in [2.24, 2.45) is 5.92 Å². The van der Waals surface area contributed by atoms with Crippen molar-refractivity contribution in [2.75, 3.05) is 6.54 Å². The number of halogens is 1. The highest BCUT2D eigenvalue weighted by atomic mass is 79.9. The van der Waals surface area contributed by atoms with Crippen LogP contribution in [-0.4, -0.2) is 26.0 Å². The third kappa shape index (κ3) is 4.28. The van der Waals surface area contributed by atoms with Gasteiger partial charge in [0.1, 0.15) is 0 Å². The Bertz CT molecular complexity index is 624. The average Bonchev–Trinajstić information content (AvgIpc) is 2.46. The number of carboxylic acid groups (broad SMARTS) is 1. The smallest absolute Gasteiger partial charge is 0.335 e. The highest BCUT2D eigenvalue weighted by Crippen LogP contribution is 2.25. The van der Waals surface area contributed by atoms with E-state index >= 15 is 0 Å². The molecule has 1 aromatic rings. The van der Waals surface area contributed by atoms with Crippen molar-refractivity contribution in [1.29, 1.82) is 0 Å². The van der Waals surface area contributed by atoms with Crippen LogP contribution in [0.1, 0.15) is 42.5 Å². The molecule has 0 bridgehead atoms. The Morgan fingerprint density at radius 3 is 2.52 bits per heavy atom. The van der Waals surface area contributed by atoms with E-state index in [1.807, 2.05) is 0 Å². The zero-order valence-corrected chi connectivity index (χ0v) is 13.9. The predicted molar refractivity (Wildman–Crippen MR) is 82.9 cm³/mol. The molecular formula is C14H18BrNO4S. The van der Waals surface area contributed by atoms with Gasteiger partial charge in [0.2, 0.25) is 10.0 Å². The standard InChI is InChI=1S/C14H18BrNO4S/c15-12-8-11(14(17)18)6-7-13(12)21(19,20)16-9-10-4-2-1-3-5-10/h6-8,10,16H,1-5,9H2,(H,17,18). The van der Waals surface area contributed by atoms with Gasteiger partial charge < -0.3 is 5.11 Å². The van der Waals surface area contributed by atoms with E-state index < -0.39 is 16.0 Å². The summed E-state index contributed by atoms with van der Waals surface area (Å²) in [5.41, 5.74) is 0.0492. The maximum atomic E-state index is 12.3. The van der Waals surface area contributed by atoms with Crippen molar-refractivity contribution in [3.8, 4) is 0 Å². The quantitative estimate of drug-likeness (QED) is 0.828. The molecule has 21 heavy (non-hydrogen) atoms. The summed E-state index contributed by atoms with van der Waals surface area (Å²) in [5, 5.41) is 8.89. The lowest BCUT2D eigenvalue weighted by molar-refractivity contribution is 0.0696. The molecule has 0 saturated heterocycles. The minimum absolute atomic E-state index is 0.0492. The van der Waals surface area contributed by atoms with Gasteiger partial charge in [-0.3, -0.25) is 0 Å². The lowest BCUT2D eigenvalue weighted by Crippen LogP contribution is -2.30. The van der Waals surface area contributed by atoms with Gasteiger partial charge >= 0.3 is 5.97 Å². The molecular weight excluding hydrogens is 358 g/mol. The molecule has 1 aliphatic carbocycles. The van der Waals surface area contributed by atoms with Gasteiger partial charge in [-0.25, -0.2) is 17.9 Å². The molecule has 0 radical (unpaired) electrons. The van der Waals surface area contributed by atoms with Crippen molar-refractivity contribution in [3.63, 3.8) is 0 Å². The van der Waals surface area contributed by atoms with Gasteiger partial charge in [0.05, 0.1) is 10.5 Å². The predicted octanol–water partition coefficient (Wildman–Crippen LogP) is 3.01. The fraction of sp³-hybridized carbons (Fsp3) is 0.500. The van der Waals surface area contributed by atoms with Crippen molar-refractivity contribution < 1.29 is 18.3 Å². The van der Waals surface area contributed by atoms with E-state index in [0.29, 0.717) is 12.5 Å². The summed E-state index contributed by atoms with van der Waals surface area (Å²) in [5.74, 6) is -0.694. The van der Waals surface area contributed by atoms with Gasteiger partial charge in [-0.05, 0) is 52.9 Å². The Morgan fingerprint density at radius 1 is 1.29 bits per heavy atom. The molecule has 0 aliphatic heterocycles. The van der Waals surface area contributed by atoms with E-state index in [4.69, 9.17) is 5.11 Å². The van der Waals surface area contributed by atoms with Gasteiger partial charge in [0.15, 0.2) is 0 Å². The number of aromatic carboxylic acids is 1. The Kier molecular flexibility index (Phi) is 5.40. The summed E-state index contributed by atoms with van der Waals surface area (Å²) in [6.07, 6.45) is 5.65. The molecule has 2 rings (SSSR count). The van der Waals surface area contributed by atoms with Gasteiger partial charge in [-0.2, -0.15) is 0 Å². The second-order valence-corrected chi connectivity index (χ2v) is 7.90. The van der Waals surface area contributed by atoms with Crippen molar-refractivity contribution in [1.82, 2.24) is 4.72 Å². The van der Waals surface area contributed by atoms with E-state index in [1.165, 1.54) is 24.6 Å². The molecule has 1 fully saturated rings. The number of hydrogen-bond acceptors (Lipinski definition) is 3. The molecule has 2 N–H and O–H groups in total. The Hall–Kier alpha value is -0.920. The third-order valence-corrected chi connectivity index (χ3v) is 6.16. The molecule has 5 nitrogen and oxygen atoms in total. The number of carboxylic acids is 1. The average molecular weight is 376 g/mol. The lowest BCUT2D eigenvalue weighted by Gasteiger charge is -2.21. The molecule has 0 spiro atoms. The van der Waals surface area contributed by atoms with Crippen LogP contribution in [0.4, 0.5) is 0 Å². The topological polar surface area (TPSA) is 83.5 Å². The number of hydrogen-bond donors (Lipinski definition) is 2. The van der Waals surface area contributed by atoms with Gasteiger partial charge in [0, 0.05) is 11.0 Å². The van der Waals surface area contributed by atoms with Crippen molar-refractivity contribution >= 4 is 31.9 Å². The number of nitrogens with one attached hydrogen (secondary N) is 1. The molecule has 7 heteroatoms. The first-order valence-corrected chi connectivity index (χ1v) is 9.20. The minimum atomic E-state index is -3.62.